The van der Waals surface area contributed by atoms with Gasteiger partial charge in [0.25, 0.3) is 5.91 Å². The lowest BCUT2D eigenvalue weighted by molar-refractivity contribution is -0.0855. The monoisotopic (exact) mass is 437 g/mol. The van der Waals surface area contributed by atoms with Crippen molar-refractivity contribution >= 4 is 18.1 Å². The van der Waals surface area contributed by atoms with Gasteiger partial charge >= 0.3 is 12.2 Å². The Bertz CT molecular complexity index is 1020. The summed E-state index contributed by atoms with van der Waals surface area (Å²) in [5.74, 6) is -0.335. The zero-order valence-corrected chi connectivity index (χ0v) is 18.5. The Hall–Kier alpha value is -3.55. The van der Waals surface area contributed by atoms with Crippen LogP contribution in [0.4, 0.5) is 9.59 Å². The number of hydrogen-bond acceptors (Lipinski definition) is 5. The minimum absolute atomic E-state index is 0.215. The van der Waals surface area contributed by atoms with Crippen LogP contribution in [0.15, 0.2) is 48.5 Å². The topological polar surface area (TPSA) is 79.4 Å². The van der Waals surface area contributed by atoms with Crippen LogP contribution < -0.4 is 0 Å². The highest BCUT2D eigenvalue weighted by Crippen LogP contribution is 2.29. The molecular formula is C24H27N3O5. The van der Waals surface area contributed by atoms with E-state index in [9.17, 15) is 14.4 Å². The number of nitrogens with zero attached hydrogens (tertiary/aromatic N) is 3. The van der Waals surface area contributed by atoms with Gasteiger partial charge in [0, 0.05) is 31.7 Å². The molecule has 32 heavy (non-hydrogen) atoms. The maximum atomic E-state index is 12.8. The van der Waals surface area contributed by atoms with E-state index in [0.717, 1.165) is 21.8 Å². The molecule has 2 aliphatic rings. The van der Waals surface area contributed by atoms with Crippen LogP contribution in [0.2, 0.25) is 0 Å². The number of fused-ring (bicyclic) bond motifs is 1. The van der Waals surface area contributed by atoms with Crippen molar-refractivity contribution in [2.45, 2.75) is 32.9 Å². The third-order valence-corrected chi connectivity index (χ3v) is 5.37. The summed E-state index contributed by atoms with van der Waals surface area (Å²) in [6.07, 6.45) is -0.997. The maximum absolute atomic E-state index is 12.8. The largest absolute Gasteiger partial charge is 0.444 e. The molecule has 0 aliphatic carbocycles. The predicted octanol–water partition coefficient (Wildman–Crippen LogP) is 3.91. The van der Waals surface area contributed by atoms with Crippen LogP contribution in [-0.2, 0) is 16.1 Å². The van der Waals surface area contributed by atoms with Crippen LogP contribution in [0, 0.1) is 0 Å². The lowest BCUT2D eigenvalue weighted by atomic mass is 10.0. The van der Waals surface area contributed by atoms with Gasteiger partial charge in [0.05, 0.1) is 6.54 Å². The SMILES string of the molecule is CC(C)(C)OC(=O)N1CCN(C(=O)ON2Cc3ccc(-c4ccccc4)cc3C2=O)CC1. The Morgan fingerprint density at radius 1 is 0.844 bits per heavy atom. The van der Waals surface area contributed by atoms with Crippen molar-refractivity contribution in [1.29, 1.82) is 0 Å². The second kappa shape index (κ2) is 8.53. The molecule has 0 saturated carbocycles. The van der Waals surface area contributed by atoms with E-state index in [1.54, 1.807) is 4.90 Å². The zero-order chi connectivity index (χ0) is 22.9. The summed E-state index contributed by atoms with van der Waals surface area (Å²) < 4.78 is 5.37. The zero-order valence-electron chi connectivity index (χ0n) is 18.5. The lowest BCUT2D eigenvalue weighted by Crippen LogP contribution is -2.52. The molecule has 0 bridgehead atoms. The smallest absolute Gasteiger partial charge is 0.434 e. The molecule has 2 aromatic carbocycles. The molecule has 0 spiro atoms. The summed E-state index contributed by atoms with van der Waals surface area (Å²) in [6.45, 7) is 6.96. The highest BCUT2D eigenvalue weighted by molar-refractivity contribution is 5.99. The van der Waals surface area contributed by atoms with Gasteiger partial charge in [-0.2, -0.15) is 5.06 Å². The lowest BCUT2D eigenvalue weighted by Gasteiger charge is -2.35. The van der Waals surface area contributed by atoms with Crippen LogP contribution in [0.5, 0.6) is 0 Å². The highest BCUT2D eigenvalue weighted by Gasteiger charge is 2.34. The number of hydroxylamine groups is 2. The first-order valence-electron chi connectivity index (χ1n) is 10.7. The Morgan fingerprint density at radius 3 is 2.09 bits per heavy atom. The first kappa shape index (κ1) is 21.7. The van der Waals surface area contributed by atoms with Gasteiger partial charge in [-0.25, -0.2) is 9.59 Å². The van der Waals surface area contributed by atoms with E-state index < -0.39 is 17.8 Å². The summed E-state index contributed by atoms with van der Waals surface area (Å²) in [5, 5.41) is 1.10. The third-order valence-electron chi connectivity index (χ3n) is 5.37. The van der Waals surface area contributed by atoms with Crippen molar-refractivity contribution < 1.29 is 24.0 Å². The van der Waals surface area contributed by atoms with Crippen molar-refractivity contribution in [2.24, 2.45) is 0 Å². The summed E-state index contributed by atoms with van der Waals surface area (Å²) in [5.41, 5.74) is 2.73. The van der Waals surface area contributed by atoms with Crippen LogP contribution in [-0.4, -0.2) is 64.7 Å². The average molecular weight is 437 g/mol. The van der Waals surface area contributed by atoms with Crippen LogP contribution in [0.25, 0.3) is 11.1 Å². The number of amides is 3. The van der Waals surface area contributed by atoms with Crippen LogP contribution >= 0.6 is 0 Å². The fourth-order valence-corrected chi connectivity index (χ4v) is 3.71. The summed E-state index contributed by atoms with van der Waals surface area (Å²) in [7, 11) is 0. The van der Waals surface area contributed by atoms with Gasteiger partial charge in [-0.05, 0) is 43.5 Å². The molecule has 8 nitrogen and oxygen atoms in total. The Morgan fingerprint density at radius 2 is 1.47 bits per heavy atom. The second-order valence-electron chi connectivity index (χ2n) is 8.89. The molecule has 2 aromatic rings. The third kappa shape index (κ3) is 4.69. The molecule has 2 heterocycles. The molecule has 0 atom stereocenters. The number of benzene rings is 2. The van der Waals surface area contributed by atoms with E-state index >= 15 is 0 Å². The minimum Gasteiger partial charge on any atom is -0.444 e. The molecule has 1 fully saturated rings. The van der Waals surface area contributed by atoms with Crippen molar-refractivity contribution in [3.63, 3.8) is 0 Å². The normalized spacial score (nSPS) is 16.1. The number of piperazine rings is 1. The van der Waals surface area contributed by atoms with E-state index in [0.29, 0.717) is 31.7 Å². The molecule has 0 radical (unpaired) electrons. The second-order valence-corrected chi connectivity index (χ2v) is 8.89. The van der Waals surface area contributed by atoms with Gasteiger partial charge in [0.2, 0.25) is 0 Å². The first-order chi connectivity index (χ1) is 15.2. The quantitative estimate of drug-likeness (QED) is 0.712. The molecule has 3 amide bonds. The van der Waals surface area contributed by atoms with E-state index in [1.807, 2.05) is 69.3 Å². The van der Waals surface area contributed by atoms with Gasteiger partial charge in [-0.3, -0.25) is 4.79 Å². The minimum atomic E-state index is -0.599. The molecule has 0 aromatic heterocycles. The van der Waals surface area contributed by atoms with Crippen LogP contribution in [0.1, 0.15) is 36.7 Å². The summed E-state index contributed by atoms with van der Waals surface area (Å²) in [4.78, 5) is 46.1. The van der Waals surface area contributed by atoms with Crippen LogP contribution in [0.3, 0.4) is 0 Å². The van der Waals surface area contributed by atoms with Gasteiger partial charge in [0.1, 0.15) is 5.60 Å². The molecule has 4 rings (SSSR count). The van der Waals surface area contributed by atoms with Gasteiger partial charge in [-0.15, -0.1) is 0 Å². The number of carbonyl (C=O) groups is 3. The highest BCUT2D eigenvalue weighted by atomic mass is 16.7. The molecule has 1 saturated heterocycles. The van der Waals surface area contributed by atoms with Crippen molar-refractivity contribution in [3.05, 3.63) is 59.7 Å². The fourth-order valence-electron chi connectivity index (χ4n) is 3.71. The number of carbonyl (C=O) groups excluding carboxylic acids is 3. The van der Waals surface area contributed by atoms with Gasteiger partial charge in [0.15, 0.2) is 0 Å². The molecule has 2 aliphatic heterocycles. The number of rotatable bonds is 2. The molecule has 0 N–H and O–H groups in total. The van der Waals surface area contributed by atoms with Gasteiger partial charge < -0.3 is 19.4 Å². The molecule has 0 unspecified atom stereocenters. The van der Waals surface area contributed by atoms with Gasteiger partial charge in [-0.1, -0.05) is 42.5 Å². The Balaban J connectivity index is 1.34. The van der Waals surface area contributed by atoms with E-state index in [4.69, 9.17) is 9.57 Å². The van der Waals surface area contributed by atoms with E-state index in [-0.39, 0.29) is 12.5 Å². The van der Waals surface area contributed by atoms with Crippen molar-refractivity contribution in [1.82, 2.24) is 14.9 Å². The summed E-state index contributed by atoms with van der Waals surface area (Å²) >= 11 is 0. The Kier molecular flexibility index (Phi) is 5.78. The van der Waals surface area contributed by atoms with E-state index in [1.165, 1.54) is 4.90 Å². The van der Waals surface area contributed by atoms with Crippen molar-refractivity contribution in [3.8, 4) is 11.1 Å². The number of ether oxygens (including phenoxy) is 1. The average Bonchev–Trinajstić information content (AvgIpc) is 3.08. The summed E-state index contributed by atoms with van der Waals surface area (Å²) in [6, 6.07) is 15.5. The van der Waals surface area contributed by atoms with Crippen molar-refractivity contribution in [2.75, 3.05) is 26.2 Å². The molecule has 8 heteroatoms. The molecule has 168 valence electrons. The van der Waals surface area contributed by atoms with E-state index in [2.05, 4.69) is 0 Å². The number of hydrogen-bond donors (Lipinski definition) is 0. The predicted molar refractivity (Wildman–Crippen MR) is 118 cm³/mol. The Labute approximate surface area is 187 Å². The fraction of sp³-hybridized carbons (Fsp3) is 0.375. The maximum Gasteiger partial charge on any atom is 0.434 e. The molecular weight excluding hydrogens is 410 g/mol. The standard InChI is InChI=1S/C24H27N3O5/c1-24(2,3)31-22(29)25-11-13-26(14-12-25)23(30)32-27-16-19-10-9-18(15-20(19)21(27)28)17-7-5-4-6-8-17/h4-10,15H,11-14,16H2,1-3H3. The first-order valence-corrected chi connectivity index (χ1v) is 10.7.